The van der Waals surface area contributed by atoms with E-state index in [4.69, 9.17) is 4.74 Å². The highest BCUT2D eigenvalue weighted by molar-refractivity contribution is 5.94. The van der Waals surface area contributed by atoms with E-state index in [0.29, 0.717) is 36.0 Å². The first-order valence-corrected chi connectivity index (χ1v) is 10.8. The number of fused-ring (bicyclic) bond motifs is 2. The molecule has 3 heterocycles. The number of rotatable bonds is 4. The quantitative estimate of drug-likeness (QED) is 0.358. The van der Waals surface area contributed by atoms with Crippen molar-refractivity contribution in [2.45, 2.75) is 37.9 Å². The molecule has 9 nitrogen and oxygen atoms in total. The maximum Gasteiger partial charge on any atom is 0.345 e. The van der Waals surface area contributed by atoms with Crippen LogP contribution >= 0.6 is 0 Å². The Labute approximate surface area is 189 Å². The number of ether oxygens (including phenoxy) is 1. The first-order chi connectivity index (χ1) is 16.0. The maximum absolute atomic E-state index is 12.8. The van der Waals surface area contributed by atoms with E-state index >= 15 is 0 Å². The molecule has 0 radical (unpaired) electrons. The van der Waals surface area contributed by atoms with Crippen LogP contribution in [0.25, 0.3) is 11.1 Å². The van der Waals surface area contributed by atoms with E-state index in [1.165, 1.54) is 12.4 Å². The Bertz CT molecular complexity index is 1220. The van der Waals surface area contributed by atoms with Crippen molar-refractivity contribution in [1.29, 1.82) is 0 Å². The highest BCUT2D eigenvalue weighted by Gasteiger charge is 2.49. The Morgan fingerprint density at radius 1 is 1.21 bits per heavy atom. The van der Waals surface area contributed by atoms with Gasteiger partial charge in [-0.15, -0.1) is 0 Å². The number of benzene rings is 1. The monoisotopic (exact) mass is 446 g/mol. The number of aromatic nitrogens is 3. The molecule has 33 heavy (non-hydrogen) atoms. The summed E-state index contributed by atoms with van der Waals surface area (Å²) in [6.07, 6.45) is 7.96. The number of anilines is 1. The minimum Gasteiger partial charge on any atom is -0.619 e. The molecule has 1 aliphatic heterocycles. The van der Waals surface area contributed by atoms with Gasteiger partial charge in [0.2, 0.25) is 11.9 Å². The van der Waals surface area contributed by atoms with Crippen molar-refractivity contribution in [3.63, 3.8) is 0 Å². The Hall–Kier alpha value is -3.85. The van der Waals surface area contributed by atoms with Crippen LogP contribution in [0, 0.1) is 11.1 Å². The number of aliphatic hydroxyl groups is 1. The molecular formula is C24H22N4O5. The fourth-order valence-corrected chi connectivity index (χ4v) is 4.65. The van der Waals surface area contributed by atoms with Crippen LogP contribution in [0.5, 0.6) is 0 Å². The molecule has 1 fully saturated rings. The van der Waals surface area contributed by atoms with E-state index in [2.05, 4.69) is 15.3 Å². The molecule has 168 valence electrons. The van der Waals surface area contributed by atoms with Crippen LogP contribution in [0.15, 0.2) is 55.1 Å². The molecule has 0 saturated heterocycles. The second kappa shape index (κ2) is 8.25. The summed E-state index contributed by atoms with van der Waals surface area (Å²) in [4.78, 5) is 33.5. The van der Waals surface area contributed by atoms with Crippen LogP contribution in [-0.4, -0.2) is 27.0 Å². The molecule has 1 amide bonds. The minimum atomic E-state index is -0.765. The molecule has 0 bridgehead atoms. The molecule has 1 spiro atoms. The summed E-state index contributed by atoms with van der Waals surface area (Å²) in [6, 6.07) is 9.08. The molecule has 5 rings (SSSR count). The smallest absolute Gasteiger partial charge is 0.345 e. The van der Waals surface area contributed by atoms with Gasteiger partial charge in [-0.3, -0.25) is 10.1 Å². The van der Waals surface area contributed by atoms with Gasteiger partial charge in [-0.05, 0) is 42.9 Å². The minimum absolute atomic E-state index is 0.0467. The molecule has 9 heteroatoms. The lowest BCUT2D eigenvalue weighted by molar-refractivity contribution is -0.605. The Balaban J connectivity index is 1.23. The molecular weight excluding hydrogens is 424 g/mol. The largest absolute Gasteiger partial charge is 0.619 e. The van der Waals surface area contributed by atoms with Gasteiger partial charge < -0.3 is 15.1 Å². The van der Waals surface area contributed by atoms with Crippen LogP contribution in [0.1, 0.15) is 47.2 Å². The summed E-state index contributed by atoms with van der Waals surface area (Å²) in [5.41, 5.74) is 2.72. The van der Waals surface area contributed by atoms with E-state index in [0.717, 1.165) is 22.3 Å². The van der Waals surface area contributed by atoms with Gasteiger partial charge in [0.05, 0.1) is 6.61 Å². The number of nitrogens with zero attached hydrogens (tertiary/aromatic N) is 3. The third-order valence-corrected chi connectivity index (χ3v) is 6.43. The van der Waals surface area contributed by atoms with Gasteiger partial charge in [-0.1, -0.05) is 18.2 Å². The summed E-state index contributed by atoms with van der Waals surface area (Å²) >= 11 is 0. The SMILES string of the molecule is O=C1O[C@]2(CC[C@H](C(=O)Nc3ncc(-c4cccc(CO)c4)cn3)CC2)c2cc[n+]([O-])cc21. The third kappa shape index (κ3) is 3.91. The highest BCUT2D eigenvalue weighted by atomic mass is 16.6. The molecule has 1 aromatic carbocycles. The number of nitrogens with one attached hydrogen (secondary N) is 1. The van der Waals surface area contributed by atoms with Crippen molar-refractivity contribution < 1.29 is 24.2 Å². The fourth-order valence-electron chi connectivity index (χ4n) is 4.65. The first-order valence-electron chi connectivity index (χ1n) is 10.8. The predicted molar refractivity (Wildman–Crippen MR) is 116 cm³/mol. The zero-order valence-electron chi connectivity index (χ0n) is 17.7. The lowest BCUT2D eigenvalue weighted by Gasteiger charge is -2.35. The second-order valence-electron chi connectivity index (χ2n) is 8.43. The third-order valence-electron chi connectivity index (χ3n) is 6.43. The number of carbonyl (C=O) groups is 2. The second-order valence-corrected chi connectivity index (χ2v) is 8.43. The van der Waals surface area contributed by atoms with Crippen molar-refractivity contribution in [1.82, 2.24) is 9.97 Å². The summed E-state index contributed by atoms with van der Waals surface area (Å²) in [5, 5.41) is 23.6. The summed E-state index contributed by atoms with van der Waals surface area (Å²) in [6.45, 7) is -0.0467. The van der Waals surface area contributed by atoms with Crippen molar-refractivity contribution in [2.75, 3.05) is 5.32 Å². The lowest BCUT2D eigenvalue weighted by Crippen LogP contribution is -2.36. The number of amides is 1. The number of carbonyl (C=O) groups excluding carboxylic acids is 2. The van der Waals surface area contributed by atoms with Crippen molar-refractivity contribution in [3.8, 4) is 11.1 Å². The fraction of sp³-hybridized carbons (Fsp3) is 0.292. The number of pyridine rings is 1. The summed E-state index contributed by atoms with van der Waals surface area (Å²) in [5.74, 6) is -0.693. The number of esters is 1. The number of hydrogen-bond donors (Lipinski definition) is 2. The number of hydrogen-bond acceptors (Lipinski definition) is 7. The van der Waals surface area contributed by atoms with E-state index in [9.17, 15) is 19.9 Å². The van der Waals surface area contributed by atoms with Gasteiger partial charge >= 0.3 is 5.97 Å². The predicted octanol–water partition coefficient (Wildman–Crippen LogP) is 2.46. The highest BCUT2D eigenvalue weighted by Crippen LogP contribution is 2.47. The lowest BCUT2D eigenvalue weighted by atomic mass is 9.75. The van der Waals surface area contributed by atoms with Gasteiger partial charge in [0, 0.05) is 35.5 Å². The van der Waals surface area contributed by atoms with Crippen LogP contribution in [-0.2, 0) is 21.7 Å². The van der Waals surface area contributed by atoms with Crippen molar-refractivity contribution in [2.24, 2.45) is 5.92 Å². The van der Waals surface area contributed by atoms with Crippen LogP contribution < -0.4 is 10.0 Å². The summed E-state index contributed by atoms with van der Waals surface area (Å²) in [7, 11) is 0. The Morgan fingerprint density at radius 3 is 2.70 bits per heavy atom. The first kappa shape index (κ1) is 21.0. The maximum atomic E-state index is 12.8. The topological polar surface area (TPSA) is 128 Å². The summed E-state index contributed by atoms with van der Waals surface area (Å²) < 4.78 is 6.26. The van der Waals surface area contributed by atoms with E-state index in [1.54, 1.807) is 18.5 Å². The molecule has 3 aromatic rings. The normalized spacial score (nSPS) is 21.5. The zero-order valence-corrected chi connectivity index (χ0v) is 17.7. The average molecular weight is 446 g/mol. The van der Waals surface area contributed by atoms with Gasteiger partial charge in [0.1, 0.15) is 11.2 Å². The van der Waals surface area contributed by atoms with Gasteiger partial charge in [-0.25, -0.2) is 14.8 Å². The Morgan fingerprint density at radius 2 is 1.97 bits per heavy atom. The molecule has 2 aliphatic rings. The molecule has 2 N–H and O–H groups in total. The standard InChI is InChI=1S/C24H22N4O5/c29-14-15-2-1-3-17(10-15)18-11-25-23(26-12-18)27-21(30)16-4-7-24(8-5-16)20-6-9-28(32)13-19(20)22(31)33-24/h1-3,6,9-13,16,29H,4-5,7-8,14H2,(H,25,26,27,30)/t16-,24-. The number of aliphatic hydroxyl groups excluding tert-OH is 1. The molecule has 1 aliphatic carbocycles. The van der Waals surface area contributed by atoms with Gasteiger partial charge in [-0.2, -0.15) is 4.73 Å². The van der Waals surface area contributed by atoms with E-state index in [1.807, 2.05) is 24.3 Å². The van der Waals surface area contributed by atoms with Gasteiger partial charge in [0.25, 0.3) is 0 Å². The van der Waals surface area contributed by atoms with Gasteiger partial charge in [0.15, 0.2) is 12.4 Å². The van der Waals surface area contributed by atoms with Crippen LogP contribution in [0.3, 0.4) is 0 Å². The molecule has 2 aromatic heterocycles. The molecule has 0 unspecified atom stereocenters. The Kier molecular flexibility index (Phi) is 5.26. The van der Waals surface area contributed by atoms with Crippen molar-refractivity contribution >= 4 is 17.8 Å². The van der Waals surface area contributed by atoms with E-state index < -0.39 is 11.6 Å². The zero-order chi connectivity index (χ0) is 23.0. The molecule has 0 atom stereocenters. The molecule has 1 saturated carbocycles. The van der Waals surface area contributed by atoms with Crippen LogP contribution in [0.2, 0.25) is 0 Å². The van der Waals surface area contributed by atoms with E-state index in [-0.39, 0.29) is 24.4 Å². The van der Waals surface area contributed by atoms with Crippen molar-refractivity contribution in [3.05, 3.63) is 77.0 Å². The average Bonchev–Trinajstić information content (AvgIpc) is 3.10. The van der Waals surface area contributed by atoms with Crippen LogP contribution in [0.4, 0.5) is 5.95 Å².